The lowest BCUT2D eigenvalue weighted by molar-refractivity contribution is 0.477. The Hall–Kier alpha value is -2.12. The van der Waals surface area contributed by atoms with E-state index in [2.05, 4.69) is 9.97 Å². The highest BCUT2D eigenvalue weighted by Gasteiger charge is 2.27. The van der Waals surface area contributed by atoms with E-state index in [1.807, 2.05) is 0 Å². The van der Waals surface area contributed by atoms with Crippen LogP contribution >= 0.6 is 0 Å². The van der Waals surface area contributed by atoms with Crippen LogP contribution in [0.15, 0.2) is 40.2 Å². The molecule has 1 fully saturated rings. The van der Waals surface area contributed by atoms with Crippen molar-refractivity contribution < 1.29 is 8.42 Å². The Balaban J connectivity index is 1.97. The summed E-state index contributed by atoms with van der Waals surface area (Å²) in [5, 5.41) is 1.47. The van der Waals surface area contributed by atoms with Gasteiger partial charge < -0.3 is 9.97 Å². The SMILES string of the molecule is O=c1[nH]c2ccc(S(=O)(=O)N3CCCC3)cc2c2cc[nH]c12. The van der Waals surface area contributed by atoms with E-state index < -0.39 is 10.0 Å². The molecule has 4 rings (SSSR count). The third-order valence-electron chi connectivity index (χ3n) is 4.21. The minimum absolute atomic E-state index is 0.206. The molecule has 22 heavy (non-hydrogen) atoms. The van der Waals surface area contributed by atoms with Crippen LogP contribution in [0, 0.1) is 0 Å². The van der Waals surface area contributed by atoms with Gasteiger partial charge in [0.2, 0.25) is 10.0 Å². The zero-order chi connectivity index (χ0) is 15.3. The Morgan fingerprint density at radius 2 is 1.82 bits per heavy atom. The van der Waals surface area contributed by atoms with Gasteiger partial charge >= 0.3 is 0 Å². The van der Waals surface area contributed by atoms with Gasteiger partial charge in [-0.15, -0.1) is 0 Å². The zero-order valence-corrected chi connectivity index (χ0v) is 12.6. The summed E-state index contributed by atoms with van der Waals surface area (Å²) in [6.07, 6.45) is 3.49. The topological polar surface area (TPSA) is 86.0 Å². The highest BCUT2D eigenvalue weighted by atomic mass is 32.2. The fraction of sp³-hybridized carbons (Fsp3) is 0.267. The van der Waals surface area contributed by atoms with Crippen molar-refractivity contribution in [3.05, 3.63) is 40.8 Å². The maximum absolute atomic E-state index is 12.7. The molecule has 7 heteroatoms. The molecule has 6 nitrogen and oxygen atoms in total. The molecule has 1 aliphatic rings. The summed E-state index contributed by atoms with van der Waals surface area (Å²) in [5.41, 5.74) is 0.892. The Morgan fingerprint density at radius 1 is 1.05 bits per heavy atom. The summed E-state index contributed by atoms with van der Waals surface area (Å²) in [6, 6.07) is 6.66. The maximum atomic E-state index is 12.7. The molecule has 3 aromatic rings. The summed E-state index contributed by atoms with van der Waals surface area (Å²) < 4.78 is 26.9. The highest BCUT2D eigenvalue weighted by molar-refractivity contribution is 7.89. The fourth-order valence-electron chi connectivity index (χ4n) is 3.06. The maximum Gasteiger partial charge on any atom is 0.272 e. The Bertz CT molecular complexity index is 1030. The summed E-state index contributed by atoms with van der Waals surface area (Å²) in [7, 11) is -3.46. The van der Waals surface area contributed by atoms with Crippen LogP contribution in [0.1, 0.15) is 12.8 Å². The molecule has 0 aliphatic carbocycles. The van der Waals surface area contributed by atoms with Crippen LogP contribution in [0.25, 0.3) is 21.8 Å². The van der Waals surface area contributed by atoms with Crippen molar-refractivity contribution >= 4 is 31.8 Å². The molecule has 0 spiro atoms. The average molecular weight is 317 g/mol. The van der Waals surface area contributed by atoms with Crippen molar-refractivity contribution in [2.75, 3.05) is 13.1 Å². The number of H-pyrrole nitrogens is 2. The summed E-state index contributed by atoms with van der Waals surface area (Å²) in [4.78, 5) is 17.9. The number of hydrogen-bond acceptors (Lipinski definition) is 3. The van der Waals surface area contributed by atoms with Crippen LogP contribution in [0.4, 0.5) is 0 Å². The lowest BCUT2D eigenvalue weighted by Gasteiger charge is -2.15. The minimum Gasteiger partial charge on any atom is -0.357 e. The lowest BCUT2D eigenvalue weighted by Crippen LogP contribution is -2.27. The van der Waals surface area contributed by atoms with E-state index in [4.69, 9.17) is 0 Å². The summed E-state index contributed by atoms with van der Waals surface area (Å²) in [5.74, 6) is 0. The first kappa shape index (κ1) is 13.5. The first-order valence-electron chi connectivity index (χ1n) is 7.21. The van der Waals surface area contributed by atoms with E-state index in [-0.39, 0.29) is 10.5 Å². The van der Waals surface area contributed by atoms with Gasteiger partial charge in [0.25, 0.3) is 5.56 Å². The number of pyridine rings is 1. The standard InChI is InChI=1S/C15H15N3O3S/c19-15-14-11(5-6-16-14)12-9-10(3-4-13(12)17-15)22(20,21)18-7-1-2-8-18/h3-6,9,16H,1-2,7-8H2,(H,17,19). The predicted octanol–water partition coefficient (Wildman–Crippen LogP) is 1.79. The summed E-state index contributed by atoms with van der Waals surface area (Å²) >= 11 is 0. The molecular formula is C15H15N3O3S. The van der Waals surface area contributed by atoms with Crippen molar-refractivity contribution in [2.24, 2.45) is 0 Å². The number of aromatic amines is 2. The van der Waals surface area contributed by atoms with E-state index in [0.717, 1.165) is 23.6 Å². The van der Waals surface area contributed by atoms with Crippen molar-refractivity contribution in [3.63, 3.8) is 0 Å². The number of hydrogen-bond donors (Lipinski definition) is 2. The van der Waals surface area contributed by atoms with Gasteiger partial charge in [0.05, 0.1) is 4.90 Å². The van der Waals surface area contributed by atoms with Crippen LogP contribution in [0.5, 0.6) is 0 Å². The number of aromatic nitrogens is 2. The van der Waals surface area contributed by atoms with Gasteiger partial charge in [-0.05, 0) is 37.1 Å². The molecular weight excluding hydrogens is 302 g/mol. The first-order valence-corrected chi connectivity index (χ1v) is 8.65. The van der Waals surface area contributed by atoms with Crippen molar-refractivity contribution in [2.45, 2.75) is 17.7 Å². The molecule has 1 saturated heterocycles. The molecule has 1 aliphatic heterocycles. The second-order valence-electron chi connectivity index (χ2n) is 5.54. The molecule has 1 aromatic carbocycles. The van der Waals surface area contributed by atoms with E-state index in [1.54, 1.807) is 30.5 Å². The number of nitrogens with one attached hydrogen (secondary N) is 2. The van der Waals surface area contributed by atoms with Crippen LogP contribution < -0.4 is 5.56 Å². The smallest absolute Gasteiger partial charge is 0.272 e. The minimum atomic E-state index is -3.46. The van der Waals surface area contributed by atoms with Gasteiger partial charge in [0.15, 0.2) is 0 Å². The molecule has 0 unspecified atom stereocenters. The van der Waals surface area contributed by atoms with E-state index >= 15 is 0 Å². The Kier molecular flexibility index (Phi) is 2.88. The molecule has 0 atom stereocenters. The third kappa shape index (κ3) is 1.89. The van der Waals surface area contributed by atoms with Gasteiger partial charge in [-0.3, -0.25) is 4.79 Å². The van der Waals surface area contributed by atoms with E-state index in [1.165, 1.54) is 4.31 Å². The van der Waals surface area contributed by atoms with Gasteiger partial charge in [-0.25, -0.2) is 8.42 Å². The quantitative estimate of drug-likeness (QED) is 0.755. The molecule has 114 valence electrons. The Labute approximate surface area is 126 Å². The van der Waals surface area contributed by atoms with Crippen molar-refractivity contribution in [1.29, 1.82) is 0 Å². The largest absolute Gasteiger partial charge is 0.357 e. The number of sulfonamides is 1. The molecule has 2 aromatic heterocycles. The van der Waals surface area contributed by atoms with Gasteiger partial charge in [0.1, 0.15) is 5.52 Å². The van der Waals surface area contributed by atoms with E-state index in [0.29, 0.717) is 24.1 Å². The lowest BCUT2D eigenvalue weighted by atomic mass is 10.1. The van der Waals surface area contributed by atoms with Crippen molar-refractivity contribution in [1.82, 2.24) is 14.3 Å². The van der Waals surface area contributed by atoms with Crippen LogP contribution in [0.2, 0.25) is 0 Å². The monoisotopic (exact) mass is 317 g/mol. The van der Waals surface area contributed by atoms with E-state index in [9.17, 15) is 13.2 Å². The van der Waals surface area contributed by atoms with Crippen LogP contribution in [0.3, 0.4) is 0 Å². The normalized spacial score (nSPS) is 16.7. The molecule has 0 radical (unpaired) electrons. The number of nitrogens with zero attached hydrogens (tertiary/aromatic N) is 1. The fourth-order valence-corrected chi connectivity index (χ4v) is 4.60. The molecule has 0 saturated carbocycles. The molecule has 2 N–H and O–H groups in total. The second kappa shape index (κ2) is 4.69. The second-order valence-corrected chi connectivity index (χ2v) is 7.48. The number of rotatable bonds is 2. The predicted molar refractivity (Wildman–Crippen MR) is 84.4 cm³/mol. The number of fused-ring (bicyclic) bond motifs is 3. The van der Waals surface area contributed by atoms with Gasteiger partial charge in [-0.1, -0.05) is 0 Å². The van der Waals surface area contributed by atoms with Gasteiger partial charge in [0, 0.05) is 35.6 Å². The average Bonchev–Trinajstić information content (AvgIpc) is 3.19. The summed E-state index contributed by atoms with van der Waals surface area (Å²) in [6.45, 7) is 1.15. The van der Waals surface area contributed by atoms with Crippen molar-refractivity contribution in [3.8, 4) is 0 Å². The third-order valence-corrected chi connectivity index (χ3v) is 6.10. The zero-order valence-electron chi connectivity index (χ0n) is 11.8. The molecule has 3 heterocycles. The molecule has 0 bridgehead atoms. The van der Waals surface area contributed by atoms with Gasteiger partial charge in [-0.2, -0.15) is 4.31 Å². The van der Waals surface area contributed by atoms with Crippen LogP contribution in [-0.2, 0) is 10.0 Å². The highest BCUT2D eigenvalue weighted by Crippen LogP contribution is 2.26. The molecule has 0 amide bonds. The Morgan fingerprint density at radius 3 is 2.59 bits per heavy atom. The first-order chi connectivity index (χ1) is 10.6. The number of benzene rings is 1. The van der Waals surface area contributed by atoms with Crippen LogP contribution in [-0.4, -0.2) is 35.8 Å².